The first kappa shape index (κ1) is 13.9. The maximum absolute atomic E-state index is 11.7. The molecular formula is C11H13N3O3S2. The fourth-order valence-corrected chi connectivity index (χ4v) is 3.27. The standard InChI is InChI=1S/C11H13N3O3S2/c1-2-7-3-4-18-8(7)5-14-10(17)12-13-11(14)19-6-9(15)16/h3-4H,2,5-6H2,1H3,(H,12,17)(H,15,16). The molecule has 0 amide bonds. The molecule has 0 saturated heterocycles. The Morgan fingerprint density at radius 2 is 2.42 bits per heavy atom. The summed E-state index contributed by atoms with van der Waals surface area (Å²) < 4.78 is 1.47. The Hall–Kier alpha value is -1.54. The molecule has 2 aromatic heterocycles. The average Bonchev–Trinajstić information content (AvgIpc) is 2.96. The third-order valence-electron chi connectivity index (χ3n) is 2.57. The van der Waals surface area contributed by atoms with Gasteiger partial charge in [0.15, 0.2) is 5.16 Å². The number of rotatable bonds is 6. The predicted molar refractivity (Wildman–Crippen MR) is 74.0 cm³/mol. The number of H-pyrrole nitrogens is 1. The van der Waals surface area contributed by atoms with Crippen LogP contribution >= 0.6 is 23.1 Å². The van der Waals surface area contributed by atoms with Crippen molar-refractivity contribution >= 4 is 29.1 Å². The third kappa shape index (κ3) is 3.27. The van der Waals surface area contributed by atoms with Crippen LogP contribution < -0.4 is 5.69 Å². The largest absolute Gasteiger partial charge is 0.481 e. The van der Waals surface area contributed by atoms with Crippen molar-refractivity contribution in [2.75, 3.05) is 5.75 Å². The Labute approximate surface area is 117 Å². The quantitative estimate of drug-likeness (QED) is 0.788. The molecule has 0 bridgehead atoms. The number of carboxylic acid groups (broad SMARTS) is 1. The SMILES string of the molecule is CCc1ccsc1Cn1c(SCC(=O)O)n[nH]c1=O. The molecule has 0 aliphatic heterocycles. The summed E-state index contributed by atoms with van der Waals surface area (Å²) in [4.78, 5) is 23.4. The maximum atomic E-state index is 11.7. The Balaban J connectivity index is 2.22. The number of thiophene rings is 1. The Kier molecular flexibility index (Phi) is 4.43. The molecule has 102 valence electrons. The number of thioether (sulfide) groups is 1. The number of aliphatic carboxylic acids is 1. The van der Waals surface area contributed by atoms with Crippen LogP contribution in [0.25, 0.3) is 0 Å². The van der Waals surface area contributed by atoms with Crippen LogP contribution in [-0.2, 0) is 17.8 Å². The molecule has 0 fully saturated rings. The van der Waals surface area contributed by atoms with E-state index in [1.807, 2.05) is 11.4 Å². The summed E-state index contributed by atoms with van der Waals surface area (Å²) in [6.45, 7) is 2.49. The molecule has 6 nitrogen and oxygen atoms in total. The van der Waals surface area contributed by atoms with Crippen molar-refractivity contribution in [3.05, 3.63) is 32.4 Å². The van der Waals surface area contributed by atoms with Gasteiger partial charge in [-0.3, -0.25) is 9.36 Å². The van der Waals surface area contributed by atoms with Crippen molar-refractivity contribution in [3.63, 3.8) is 0 Å². The highest BCUT2D eigenvalue weighted by molar-refractivity contribution is 7.99. The molecule has 0 spiro atoms. The molecule has 19 heavy (non-hydrogen) atoms. The van der Waals surface area contributed by atoms with E-state index in [9.17, 15) is 9.59 Å². The van der Waals surface area contributed by atoms with Crippen molar-refractivity contribution in [1.82, 2.24) is 14.8 Å². The normalized spacial score (nSPS) is 10.8. The van der Waals surface area contributed by atoms with Gasteiger partial charge in [0.1, 0.15) is 0 Å². The molecule has 0 radical (unpaired) electrons. The van der Waals surface area contributed by atoms with Crippen molar-refractivity contribution in [2.24, 2.45) is 0 Å². The molecular weight excluding hydrogens is 286 g/mol. The molecule has 2 aromatic rings. The molecule has 0 aromatic carbocycles. The Morgan fingerprint density at radius 1 is 1.63 bits per heavy atom. The topological polar surface area (TPSA) is 88.0 Å². The molecule has 0 aliphatic carbocycles. The molecule has 2 rings (SSSR count). The van der Waals surface area contributed by atoms with Crippen LogP contribution in [0.5, 0.6) is 0 Å². The second-order valence-electron chi connectivity index (χ2n) is 3.80. The zero-order chi connectivity index (χ0) is 13.8. The maximum Gasteiger partial charge on any atom is 0.344 e. The van der Waals surface area contributed by atoms with E-state index in [1.54, 1.807) is 11.3 Å². The van der Waals surface area contributed by atoms with Gasteiger partial charge in [-0.05, 0) is 23.4 Å². The first-order valence-corrected chi connectivity index (χ1v) is 7.53. The fraction of sp³-hybridized carbons (Fsp3) is 0.364. The lowest BCUT2D eigenvalue weighted by Crippen LogP contribution is -2.18. The van der Waals surface area contributed by atoms with Crippen LogP contribution in [0.15, 0.2) is 21.4 Å². The van der Waals surface area contributed by atoms with Gasteiger partial charge in [0.2, 0.25) is 0 Å². The summed E-state index contributed by atoms with van der Waals surface area (Å²) in [5.74, 6) is -1.05. The number of nitrogens with one attached hydrogen (secondary N) is 1. The zero-order valence-corrected chi connectivity index (χ0v) is 11.9. The van der Waals surface area contributed by atoms with Gasteiger partial charge in [0, 0.05) is 4.88 Å². The molecule has 0 atom stereocenters. The zero-order valence-electron chi connectivity index (χ0n) is 10.3. The summed E-state index contributed by atoms with van der Waals surface area (Å²) in [5.41, 5.74) is 0.885. The van der Waals surface area contributed by atoms with Gasteiger partial charge in [0.25, 0.3) is 0 Å². The highest BCUT2D eigenvalue weighted by Crippen LogP contribution is 2.20. The molecule has 0 unspecified atom stereocenters. The van der Waals surface area contributed by atoms with Crippen LogP contribution in [0, 0.1) is 0 Å². The van der Waals surface area contributed by atoms with E-state index in [1.165, 1.54) is 10.1 Å². The van der Waals surface area contributed by atoms with E-state index in [-0.39, 0.29) is 11.4 Å². The van der Waals surface area contributed by atoms with Crippen molar-refractivity contribution in [1.29, 1.82) is 0 Å². The monoisotopic (exact) mass is 299 g/mol. The summed E-state index contributed by atoms with van der Waals surface area (Å²) in [5, 5.41) is 17.3. The minimum Gasteiger partial charge on any atom is -0.481 e. The predicted octanol–water partition coefficient (Wildman–Crippen LogP) is 1.42. The lowest BCUT2D eigenvalue weighted by atomic mass is 10.2. The van der Waals surface area contributed by atoms with E-state index in [0.717, 1.165) is 23.1 Å². The number of aryl methyl sites for hydroxylation is 1. The second-order valence-corrected chi connectivity index (χ2v) is 5.75. The summed E-state index contributed by atoms with van der Waals surface area (Å²) in [6, 6.07) is 2.04. The first-order chi connectivity index (χ1) is 9.11. The van der Waals surface area contributed by atoms with Crippen LogP contribution in [0.3, 0.4) is 0 Å². The van der Waals surface area contributed by atoms with E-state index in [4.69, 9.17) is 5.11 Å². The van der Waals surface area contributed by atoms with E-state index in [0.29, 0.717) is 11.7 Å². The van der Waals surface area contributed by atoms with Crippen molar-refractivity contribution in [2.45, 2.75) is 25.0 Å². The number of hydrogen-bond donors (Lipinski definition) is 2. The van der Waals surface area contributed by atoms with E-state index in [2.05, 4.69) is 17.1 Å². The number of aromatic amines is 1. The number of aromatic nitrogens is 3. The molecule has 0 aliphatic rings. The fourth-order valence-electron chi connectivity index (χ4n) is 1.64. The first-order valence-electron chi connectivity index (χ1n) is 5.66. The van der Waals surface area contributed by atoms with Gasteiger partial charge in [-0.15, -0.1) is 16.4 Å². The van der Waals surface area contributed by atoms with Crippen LogP contribution in [0.1, 0.15) is 17.4 Å². The summed E-state index contributed by atoms with van der Waals surface area (Å²) in [7, 11) is 0. The summed E-state index contributed by atoms with van der Waals surface area (Å²) >= 11 is 2.62. The number of carboxylic acids is 1. The number of carbonyl (C=O) groups is 1. The molecule has 8 heteroatoms. The van der Waals surface area contributed by atoms with E-state index >= 15 is 0 Å². The average molecular weight is 299 g/mol. The van der Waals surface area contributed by atoms with Gasteiger partial charge in [-0.2, -0.15) is 0 Å². The number of nitrogens with zero attached hydrogens (tertiary/aromatic N) is 2. The van der Waals surface area contributed by atoms with Gasteiger partial charge < -0.3 is 5.11 Å². The molecule has 2 N–H and O–H groups in total. The van der Waals surface area contributed by atoms with Crippen molar-refractivity contribution < 1.29 is 9.90 Å². The van der Waals surface area contributed by atoms with Gasteiger partial charge in [0.05, 0.1) is 12.3 Å². The summed E-state index contributed by atoms with van der Waals surface area (Å²) in [6.07, 6.45) is 0.906. The highest BCUT2D eigenvalue weighted by Gasteiger charge is 2.13. The lowest BCUT2D eigenvalue weighted by molar-refractivity contribution is -0.133. The van der Waals surface area contributed by atoms with Crippen LogP contribution in [0.2, 0.25) is 0 Å². The van der Waals surface area contributed by atoms with Gasteiger partial charge in [-0.1, -0.05) is 18.7 Å². The van der Waals surface area contributed by atoms with Crippen molar-refractivity contribution in [3.8, 4) is 0 Å². The van der Waals surface area contributed by atoms with Gasteiger partial charge >= 0.3 is 11.7 Å². The smallest absolute Gasteiger partial charge is 0.344 e. The number of hydrogen-bond acceptors (Lipinski definition) is 5. The van der Waals surface area contributed by atoms with Gasteiger partial charge in [-0.25, -0.2) is 9.89 Å². The molecule has 2 heterocycles. The van der Waals surface area contributed by atoms with Crippen LogP contribution in [-0.4, -0.2) is 31.6 Å². The minimum atomic E-state index is -0.933. The Morgan fingerprint density at radius 3 is 3.11 bits per heavy atom. The third-order valence-corrected chi connectivity index (χ3v) is 4.48. The molecule has 0 saturated carbocycles. The lowest BCUT2D eigenvalue weighted by Gasteiger charge is -2.04. The highest BCUT2D eigenvalue weighted by atomic mass is 32.2. The van der Waals surface area contributed by atoms with Crippen LogP contribution in [0.4, 0.5) is 0 Å². The minimum absolute atomic E-state index is 0.116. The Bertz CT molecular complexity index is 629. The van der Waals surface area contributed by atoms with E-state index < -0.39 is 5.97 Å². The second kappa shape index (κ2) is 6.07.